The molecule has 2 aliphatic heterocycles. The molecule has 0 radical (unpaired) electrons. The second kappa shape index (κ2) is 8.14. The van der Waals surface area contributed by atoms with E-state index in [1.807, 2.05) is 6.08 Å². The maximum Gasteiger partial charge on any atom is 0.0404 e. The summed E-state index contributed by atoms with van der Waals surface area (Å²) in [6, 6.07) is 0. The Kier molecular flexibility index (Phi) is 6.19. The lowest BCUT2D eigenvalue weighted by Gasteiger charge is -2.33. The van der Waals surface area contributed by atoms with Crippen LogP contribution in [0.15, 0.2) is 60.6 Å². The molecule has 0 atom stereocenters. The maximum atomic E-state index is 5.64. The van der Waals surface area contributed by atoms with Crippen LogP contribution in [0.2, 0.25) is 0 Å². The van der Waals surface area contributed by atoms with E-state index in [1.165, 1.54) is 24.8 Å². The van der Waals surface area contributed by atoms with Crippen molar-refractivity contribution in [2.75, 3.05) is 25.5 Å². The molecule has 1 saturated heterocycles. The van der Waals surface area contributed by atoms with Gasteiger partial charge in [-0.3, -0.25) is 0 Å². The molecule has 0 N–H and O–H groups in total. The van der Waals surface area contributed by atoms with Crippen LogP contribution >= 0.6 is 11.6 Å². The van der Waals surface area contributed by atoms with Gasteiger partial charge in [0, 0.05) is 48.7 Å². The van der Waals surface area contributed by atoms with E-state index in [1.54, 1.807) is 0 Å². The molecule has 0 aliphatic carbocycles. The van der Waals surface area contributed by atoms with Crippen molar-refractivity contribution in [1.29, 1.82) is 0 Å². The van der Waals surface area contributed by atoms with Crippen LogP contribution in [0.25, 0.3) is 0 Å². The van der Waals surface area contributed by atoms with Crippen molar-refractivity contribution in [3.8, 4) is 0 Å². The number of piperidine rings is 1. The highest BCUT2D eigenvalue weighted by Crippen LogP contribution is 2.25. The smallest absolute Gasteiger partial charge is 0.0404 e. The predicted octanol–water partition coefficient (Wildman–Crippen LogP) is 4.44. The van der Waals surface area contributed by atoms with Gasteiger partial charge in [0.2, 0.25) is 0 Å². The molecule has 0 spiro atoms. The molecule has 0 aromatic rings. The first-order valence-electron chi connectivity index (χ1n) is 7.73. The molecule has 3 heteroatoms. The summed E-state index contributed by atoms with van der Waals surface area (Å²) < 4.78 is 0. The number of hydrogen-bond donors (Lipinski definition) is 0. The van der Waals surface area contributed by atoms with Gasteiger partial charge in [0.05, 0.1) is 0 Å². The first kappa shape index (κ1) is 16.0. The molecule has 2 heterocycles. The molecule has 114 valence electrons. The van der Waals surface area contributed by atoms with Crippen LogP contribution in [-0.2, 0) is 0 Å². The van der Waals surface area contributed by atoms with Crippen LogP contribution in [0, 0.1) is 0 Å². The summed E-state index contributed by atoms with van der Waals surface area (Å²) in [5.74, 6) is 0.577. The number of likely N-dealkylation sites (tertiary alicyclic amines) is 1. The Morgan fingerprint density at radius 2 is 1.95 bits per heavy atom. The van der Waals surface area contributed by atoms with Gasteiger partial charge in [-0.05, 0) is 37.8 Å². The predicted molar refractivity (Wildman–Crippen MR) is 92.1 cm³/mol. The summed E-state index contributed by atoms with van der Waals surface area (Å²) in [5, 5.41) is 0. The summed E-state index contributed by atoms with van der Waals surface area (Å²) in [5.41, 5.74) is 3.37. The maximum absolute atomic E-state index is 5.64. The van der Waals surface area contributed by atoms with E-state index in [-0.39, 0.29) is 0 Å². The van der Waals surface area contributed by atoms with Gasteiger partial charge in [0.15, 0.2) is 0 Å². The van der Waals surface area contributed by atoms with E-state index < -0.39 is 0 Å². The van der Waals surface area contributed by atoms with Crippen molar-refractivity contribution >= 4 is 11.6 Å². The van der Waals surface area contributed by atoms with Crippen molar-refractivity contribution < 1.29 is 0 Å². The minimum Gasteiger partial charge on any atom is -0.371 e. The SMILES string of the molecule is C=C1C=CC(C(=C)N2CCCCC2)=CN1CC/C=C\CCl. The topological polar surface area (TPSA) is 6.48 Å². The van der Waals surface area contributed by atoms with Crippen LogP contribution in [0.1, 0.15) is 25.7 Å². The van der Waals surface area contributed by atoms with Crippen LogP contribution in [0.4, 0.5) is 0 Å². The molecule has 0 saturated carbocycles. The third-order valence-electron chi connectivity index (χ3n) is 3.98. The fraction of sp³-hybridized carbons (Fsp3) is 0.444. The van der Waals surface area contributed by atoms with E-state index in [0.717, 1.165) is 37.4 Å². The third kappa shape index (κ3) is 4.53. The summed E-state index contributed by atoms with van der Waals surface area (Å²) in [6.07, 6.45) is 15.3. The molecule has 2 nitrogen and oxygen atoms in total. The Bertz CT molecular complexity index is 468. The first-order chi connectivity index (χ1) is 10.2. The molecule has 0 aromatic carbocycles. The van der Waals surface area contributed by atoms with E-state index in [9.17, 15) is 0 Å². The lowest BCUT2D eigenvalue weighted by atomic mass is 10.1. The molecule has 0 unspecified atom stereocenters. The Hall–Kier alpha value is -1.41. The second-order valence-electron chi connectivity index (χ2n) is 5.51. The van der Waals surface area contributed by atoms with Crippen molar-refractivity contribution in [2.24, 2.45) is 0 Å². The van der Waals surface area contributed by atoms with Gasteiger partial charge in [0.1, 0.15) is 0 Å². The van der Waals surface area contributed by atoms with Gasteiger partial charge in [-0.1, -0.05) is 25.3 Å². The number of allylic oxidation sites excluding steroid dienone is 3. The normalized spacial score (nSPS) is 19.3. The van der Waals surface area contributed by atoms with Gasteiger partial charge in [-0.2, -0.15) is 0 Å². The molecule has 0 amide bonds. The highest BCUT2D eigenvalue weighted by atomic mass is 35.5. The van der Waals surface area contributed by atoms with Gasteiger partial charge in [-0.25, -0.2) is 0 Å². The van der Waals surface area contributed by atoms with Crippen molar-refractivity contribution in [2.45, 2.75) is 25.7 Å². The lowest BCUT2D eigenvalue weighted by Crippen LogP contribution is -2.30. The minimum absolute atomic E-state index is 0.577. The molecule has 0 bridgehead atoms. The highest BCUT2D eigenvalue weighted by molar-refractivity contribution is 6.18. The average molecular weight is 305 g/mol. The lowest BCUT2D eigenvalue weighted by molar-refractivity contribution is 0.291. The van der Waals surface area contributed by atoms with Crippen molar-refractivity contribution in [3.63, 3.8) is 0 Å². The van der Waals surface area contributed by atoms with Gasteiger partial charge in [0.25, 0.3) is 0 Å². The zero-order valence-corrected chi connectivity index (χ0v) is 13.5. The number of rotatable bonds is 6. The van der Waals surface area contributed by atoms with E-state index in [2.05, 4.69) is 47.4 Å². The Morgan fingerprint density at radius 1 is 1.19 bits per heavy atom. The minimum atomic E-state index is 0.577. The average Bonchev–Trinajstić information content (AvgIpc) is 2.53. The van der Waals surface area contributed by atoms with Gasteiger partial charge in [-0.15, -0.1) is 11.6 Å². The molecule has 2 aliphatic rings. The largest absolute Gasteiger partial charge is 0.371 e. The number of nitrogens with zero attached hydrogens (tertiary/aromatic N) is 2. The van der Waals surface area contributed by atoms with Gasteiger partial charge < -0.3 is 9.80 Å². The zero-order chi connectivity index (χ0) is 15.1. The fourth-order valence-electron chi connectivity index (χ4n) is 2.70. The van der Waals surface area contributed by atoms with E-state index in [0.29, 0.717) is 5.88 Å². The fourth-order valence-corrected chi connectivity index (χ4v) is 2.82. The Labute approximate surface area is 133 Å². The molecule has 0 aromatic heterocycles. The summed E-state index contributed by atoms with van der Waals surface area (Å²) in [7, 11) is 0. The molecule has 1 fully saturated rings. The molecule has 21 heavy (non-hydrogen) atoms. The quantitative estimate of drug-likeness (QED) is 0.529. The van der Waals surface area contributed by atoms with Crippen LogP contribution in [0.5, 0.6) is 0 Å². The molecule has 2 rings (SSSR count). The first-order valence-corrected chi connectivity index (χ1v) is 8.26. The third-order valence-corrected chi connectivity index (χ3v) is 4.16. The Balaban J connectivity index is 1.97. The summed E-state index contributed by atoms with van der Waals surface area (Å²) >= 11 is 5.64. The number of alkyl halides is 1. The Morgan fingerprint density at radius 3 is 2.67 bits per heavy atom. The summed E-state index contributed by atoms with van der Waals surface area (Å²) in [4.78, 5) is 4.60. The second-order valence-corrected chi connectivity index (χ2v) is 5.82. The van der Waals surface area contributed by atoms with Crippen LogP contribution < -0.4 is 0 Å². The summed E-state index contributed by atoms with van der Waals surface area (Å²) in [6.45, 7) is 11.6. The van der Waals surface area contributed by atoms with Crippen molar-refractivity contribution in [1.82, 2.24) is 9.80 Å². The standard InChI is InChI=1S/C18H25ClN2/c1-16-9-10-18(15-21(16)14-6-3-5-11-19)17(2)20-12-7-4-8-13-20/h3,5,9-10,15H,1-2,4,6-8,11-14H2/b5-3-. The molecular weight excluding hydrogens is 280 g/mol. The van der Waals surface area contributed by atoms with E-state index in [4.69, 9.17) is 11.6 Å². The van der Waals surface area contributed by atoms with Gasteiger partial charge >= 0.3 is 0 Å². The zero-order valence-electron chi connectivity index (χ0n) is 12.7. The van der Waals surface area contributed by atoms with Crippen molar-refractivity contribution in [3.05, 3.63) is 60.6 Å². The molecular formula is C18H25ClN2. The number of hydrogen-bond acceptors (Lipinski definition) is 2. The number of halogens is 1. The van der Waals surface area contributed by atoms with E-state index >= 15 is 0 Å². The van der Waals surface area contributed by atoms with Crippen LogP contribution in [-0.4, -0.2) is 35.3 Å². The van der Waals surface area contributed by atoms with Crippen LogP contribution in [0.3, 0.4) is 0 Å². The monoisotopic (exact) mass is 304 g/mol. The highest BCUT2D eigenvalue weighted by Gasteiger charge is 2.16.